The number of halogens is 1. The van der Waals surface area contributed by atoms with Crippen molar-refractivity contribution in [1.82, 2.24) is 4.57 Å². The SMILES string of the molecule is O=C(Cc1cccc(Cl)c1)Nc1ccc(C(=O)N2Cc3cccn3Cc3ccsc32)cc1. The Balaban J connectivity index is 1.31. The van der Waals surface area contributed by atoms with Gasteiger partial charge in [-0.1, -0.05) is 23.7 Å². The Hall–Kier alpha value is -3.35. The van der Waals surface area contributed by atoms with Gasteiger partial charge in [-0.3, -0.25) is 14.5 Å². The lowest BCUT2D eigenvalue weighted by molar-refractivity contribution is -0.115. The molecule has 2 aromatic heterocycles. The minimum absolute atomic E-state index is 0.0554. The molecular weight excluding hydrogens is 442 g/mol. The molecule has 0 spiro atoms. The zero-order chi connectivity index (χ0) is 22.1. The maximum atomic E-state index is 13.4. The number of aromatic nitrogens is 1. The summed E-state index contributed by atoms with van der Waals surface area (Å²) in [7, 11) is 0. The molecule has 1 aliphatic heterocycles. The fraction of sp³-hybridized carbons (Fsp3) is 0.120. The lowest BCUT2D eigenvalue weighted by Gasteiger charge is -2.20. The van der Waals surface area contributed by atoms with E-state index in [1.54, 1.807) is 47.7 Å². The topological polar surface area (TPSA) is 54.3 Å². The summed E-state index contributed by atoms with van der Waals surface area (Å²) in [4.78, 5) is 27.6. The molecule has 0 aliphatic carbocycles. The van der Waals surface area contributed by atoms with Crippen molar-refractivity contribution >= 4 is 45.4 Å². The van der Waals surface area contributed by atoms with Gasteiger partial charge < -0.3 is 9.88 Å². The average molecular weight is 462 g/mol. The first-order chi connectivity index (χ1) is 15.6. The van der Waals surface area contributed by atoms with E-state index in [4.69, 9.17) is 11.6 Å². The number of hydrogen-bond acceptors (Lipinski definition) is 3. The molecule has 5 nitrogen and oxygen atoms in total. The Bertz CT molecular complexity index is 1290. The largest absolute Gasteiger partial charge is 0.345 e. The number of hydrogen-bond donors (Lipinski definition) is 1. The predicted molar refractivity (Wildman–Crippen MR) is 129 cm³/mol. The molecule has 3 heterocycles. The summed E-state index contributed by atoms with van der Waals surface area (Å²) < 4.78 is 2.18. The first kappa shape index (κ1) is 20.5. The Labute approximate surface area is 194 Å². The third kappa shape index (κ3) is 4.20. The second kappa shape index (κ2) is 8.65. The van der Waals surface area contributed by atoms with E-state index in [-0.39, 0.29) is 18.2 Å². The van der Waals surface area contributed by atoms with Crippen molar-refractivity contribution in [1.29, 1.82) is 0 Å². The van der Waals surface area contributed by atoms with Gasteiger partial charge in [0.15, 0.2) is 0 Å². The molecule has 0 radical (unpaired) electrons. The van der Waals surface area contributed by atoms with Crippen LogP contribution in [0.2, 0.25) is 5.02 Å². The number of anilines is 2. The average Bonchev–Trinajstić information content (AvgIpc) is 3.39. The molecule has 0 atom stereocenters. The summed E-state index contributed by atoms with van der Waals surface area (Å²) in [6.45, 7) is 1.29. The van der Waals surface area contributed by atoms with E-state index >= 15 is 0 Å². The monoisotopic (exact) mass is 461 g/mol. The number of carbonyl (C=O) groups excluding carboxylic acids is 2. The maximum absolute atomic E-state index is 13.4. The quantitative estimate of drug-likeness (QED) is 0.430. The smallest absolute Gasteiger partial charge is 0.259 e. The van der Waals surface area contributed by atoms with Crippen LogP contribution in [0, 0.1) is 0 Å². The van der Waals surface area contributed by atoms with Gasteiger partial charge in [-0.2, -0.15) is 0 Å². The molecule has 5 rings (SSSR count). The highest BCUT2D eigenvalue weighted by molar-refractivity contribution is 7.14. The van der Waals surface area contributed by atoms with Crippen molar-refractivity contribution in [3.8, 4) is 0 Å². The predicted octanol–water partition coefficient (Wildman–Crippen LogP) is 5.59. The molecular formula is C25H20ClN3O2S. The molecule has 160 valence electrons. The molecule has 0 saturated heterocycles. The Morgan fingerprint density at radius 1 is 1.00 bits per heavy atom. The summed E-state index contributed by atoms with van der Waals surface area (Å²) in [5.74, 6) is -0.192. The van der Waals surface area contributed by atoms with Crippen LogP contribution in [-0.2, 0) is 24.3 Å². The lowest BCUT2D eigenvalue weighted by atomic mass is 10.1. The Morgan fingerprint density at radius 3 is 2.66 bits per heavy atom. The lowest BCUT2D eigenvalue weighted by Crippen LogP contribution is -2.29. The van der Waals surface area contributed by atoms with Gasteiger partial charge in [0, 0.05) is 33.7 Å². The number of carbonyl (C=O) groups is 2. The maximum Gasteiger partial charge on any atom is 0.259 e. The number of rotatable bonds is 4. The minimum Gasteiger partial charge on any atom is -0.345 e. The highest BCUT2D eigenvalue weighted by Crippen LogP contribution is 2.34. The standard InChI is InChI=1S/C25H20ClN3O2S/c26-20-4-1-3-17(13-20)14-23(30)27-21-8-6-18(7-9-21)24(31)29-16-22-5-2-11-28(22)15-19-10-12-32-25(19)29/h1-13H,14-16H2,(H,27,30). The van der Waals surface area contributed by atoms with Gasteiger partial charge in [0.05, 0.1) is 19.5 Å². The van der Waals surface area contributed by atoms with Gasteiger partial charge in [-0.05, 0) is 65.5 Å². The Kier molecular flexibility index (Phi) is 5.55. The first-order valence-corrected chi connectivity index (χ1v) is 11.5. The van der Waals surface area contributed by atoms with Crippen LogP contribution in [0.4, 0.5) is 10.7 Å². The van der Waals surface area contributed by atoms with Crippen molar-refractivity contribution in [3.63, 3.8) is 0 Å². The molecule has 1 aliphatic rings. The van der Waals surface area contributed by atoms with Crippen molar-refractivity contribution in [2.75, 3.05) is 10.2 Å². The highest BCUT2D eigenvalue weighted by Gasteiger charge is 2.26. The van der Waals surface area contributed by atoms with Gasteiger partial charge in [-0.15, -0.1) is 11.3 Å². The van der Waals surface area contributed by atoms with Crippen LogP contribution in [-0.4, -0.2) is 16.4 Å². The van der Waals surface area contributed by atoms with Crippen molar-refractivity contribution in [3.05, 3.63) is 106 Å². The van der Waals surface area contributed by atoms with E-state index in [1.807, 2.05) is 34.7 Å². The molecule has 2 amide bonds. The molecule has 1 N–H and O–H groups in total. The Morgan fingerprint density at radius 2 is 1.84 bits per heavy atom. The van der Waals surface area contributed by atoms with E-state index in [0.717, 1.165) is 28.4 Å². The number of nitrogens with one attached hydrogen (secondary N) is 1. The molecule has 0 fully saturated rings. The van der Waals surface area contributed by atoms with E-state index in [2.05, 4.69) is 22.0 Å². The second-order valence-electron chi connectivity index (χ2n) is 7.70. The number of nitrogens with zero attached hydrogens (tertiary/aromatic N) is 2. The molecule has 0 bridgehead atoms. The third-order valence-corrected chi connectivity index (χ3v) is 6.68. The van der Waals surface area contributed by atoms with Gasteiger partial charge in [0.2, 0.25) is 5.91 Å². The van der Waals surface area contributed by atoms with Crippen molar-refractivity contribution in [2.45, 2.75) is 19.5 Å². The van der Waals surface area contributed by atoms with Crippen LogP contribution in [0.5, 0.6) is 0 Å². The summed E-state index contributed by atoms with van der Waals surface area (Å²) in [5.41, 5.74) is 4.32. The number of fused-ring (bicyclic) bond motifs is 2. The molecule has 2 aromatic carbocycles. The van der Waals surface area contributed by atoms with E-state index in [0.29, 0.717) is 22.8 Å². The first-order valence-electron chi connectivity index (χ1n) is 10.2. The van der Waals surface area contributed by atoms with Gasteiger partial charge in [-0.25, -0.2) is 0 Å². The summed E-state index contributed by atoms with van der Waals surface area (Å²) in [6, 6.07) is 20.4. The molecule has 32 heavy (non-hydrogen) atoms. The van der Waals surface area contributed by atoms with Crippen molar-refractivity contribution < 1.29 is 9.59 Å². The highest BCUT2D eigenvalue weighted by atomic mass is 35.5. The third-order valence-electron chi connectivity index (χ3n) is 5.47. The zero-order valence-electron chi connectivity index (χ0n) is 17.1. The van der Waals surface area contributed by atoms with Crippen LogP contribution in [0.1, 0.15) is 27.2 Å². The van der Waals surface area contributed by atoms with E-state index in [9.17, 15) is 9.59 Å². The number of benzene rings is 2. The fourth-order valence-electron chi connectivity index (χ4n) is 3.90. The molecule has 7 heteroatoms. The van der Waals surface area contributed by atoms with E-state index in [1.165, 1.54) is 0 Å². The minimum atomic E-state index is -0.136. The van der Waals surface area contributed by atoms with Crippen LogP contribution < -0.4 is 10.2 Å². The van der Waals surface area contributed by atoms with Crippen LogP contribution >= 0.6 is 22.9 Å². The van der Waals surface area contributed by atoms with Gasteiger partial charge in [0.1, 0.15) is 5.00 Å². The van der Waals surface area contributed by atoms with Gasteiger partial charge in [0.25, 0.3) is 5.91 Å². The molecule has 4 aromatic rings. The van der Waals surface area contributed by atoms with Crippen LogP contribution in [0.15, 0.2) is 78.3 Å². The summed E-state index contributed by atoms with van der Waals surface area (Å²) in [6.07, 6.45) is 2.28. The second-order valence-corrected chi connectivity index (χ2v) is 9.03. The number of amides is 2. The number of thiophene rings is 1. The zero-order valence-corrected chi connectivity index (χ0v) is 18.7. The summed E-state index contributed by atoms with van der Waals surface area (Å²) >= 11 is 7.57. The fourth-order valence-corrected chi connectivity index (χ4v) is 5.04. The van der Waals surface area contributed by atoms with Crippen LogP contribution in [0.3, 0.4) is 0 Å². The summed E-state index contributed by atoms with van der Waals surface area (Å²) in [5, 5.41) is 6.49. The van der Waals surface area contributed by atoms with Crippen molar-refractivity contribution in [2.24, 2.45) is 0 Å². The van der Waals surface area contributed by atoms with E-state index < -0.39 is 0 Å². The van der Waals surface area contributed by atoms with Crippen LogP contribution in [0.25, 0.3) is 0 Å². The molecule has 0 unspecified atom stereocenters. The van der Waals surface area contributed by atoms with Gasteiger partial charge >= 0.3 is 0 Å². The normalized spacial score (nSPS) is 12.6. The molecule has 0 saturated carbocycles.